The van der Waals surface area contributed by atoms with Crippen molar-refractivity contribution in [2.24, 2.45) is 11.3 Å². The summed E-state index contributed by atoms with van der Waals surface area (Å²) >= 11 is 0. The lowest BCUT2D eigenvalue weighted by Crippen LogP contribution is -2.44. The zero-order valence-corrected chi connectivity index (χ0v) is 18.2. The van der Waals surface area contributed by atoms with Crippen LogP contribution in [0, 0.1) is 28.8 Å². The Morgan fingerprint density at radius 2 is 1.63 bits per heavy atom. The van der Waals surface area contributed by atoms with E-state index in [0.717, 1.165) is 44.2 Å². The molecule has 1 aromatic rings. The number of halogens is 3. The topological polar surface area (TPSA) is 61.4 Å². The van der Waals surface area contributed by atoms with Gasteiger partial charge in [-0.1, -0.05) is 27.2 Å². The second-order valence-electron chi connectivity index (χ2n) is 8.90. The van der Waals surface area contributed by atoms with Gasteiger partial charge in [-0.2, -0.15) is 0 Å². The lowest BCUT2D eigenvalue weighted by Gasteiger charge is -2.39. The monoisotopic (exact) mass is 427 g/mol. The molecule has 1 saturated carbocycles. The number of carbonyl (C=O) groups excluding carboxylic acids is 2. The molecule has 0 heterocycles. The molecule has 8 heteroatoms. The van der Waals surface area contributed by atoms with Gasteiger partial charge in [-0.3, -0.25) is 14.5 Å². The average molecular weight is 428 g/mol. The first kappa shape index (κ1) is 24.2. The van der Waals surface area contributed by atoms with Crippen molar-refractivity contribution in [3.63, 3.8) is 0 Å². The summed E-state index contributed by atoms with van der Waals surface area (Å²) in [6, 6.07) is 1.83. The normalized spacial score (nSPS) is 19.6. The van der Waals surface area contributed by atoms with Crippen LogP contribution < -0.4 is 10.6 Å². The largest absolute Gasteiger partial charge is 0.352 e. The summed E-state index contributed by atoms with van der Waals surface area (Å²) in [6.07, 6.45) is 5.20. The molecular formula is C22H32F3N3O2. The van der Waals surface area contributed by atoms with Crippen LogP contribution in [0.1, 0.15) is 52.9 Å². The molecule has 0 aliphatic heterocycles. The molecule has 2 rings (SSSR count). The molecule has 0 atom stereocenters. The van der Waals surface area contributed by atoms with Gasteiger partial charge in [0.15, 0.2) is 17.5 Å². The number of hydrogen-bond donors (Lipinski definition) is 2. The molecule has 2 N–H and O–H groups in total. The Hall–Kier alpha value is -2.09. The van der Waals surface area contributed by atoms with Crippen molar-refractivity contribution in [1.82, 2.24) is 10.2 Å². The molecule has 1 aliphatic rings. The number of amides is 2. The number of hydrogen-bond acceptors (Lipinski definition) is 3. The lowest BCUT2D eigenvalue weighted by molar-refractivity contribution is -0.123. The number of nitrogens with zero attached hydrogens (tertiary/aromatic N) is 1. The average Bonchev–Trinajstić information content (AvgIpc) is 2.68. The molecule has 2 amide bonds. The molecule has 1 aliphatic carbocycles. The van der Waals surface area contributed by atoms with Crippen LogP contribution in [-0.4, -0.2) is 42.9 Å². The highest BCUT2D eigenvalue weighted by Crippen LogP contribution is 2.40. The fourth-order valence-corrected chi connectivity index (χ4v) is 3.94. The molecule has 0 saturated heterocycles. The maximum Gasteiger partial charge on any atom is 0.238 e. The van der Waals surface area contributed by atoms with Gasteiger partial charge in [0.25, 0.3) is 0 Å². The van der Waals surface area contributed by atoms with E-state index in [2.05, 4.69) is 31.4 Å². The number of anilines is 1. The van der Waals surface area contributed by atoms with E-state index < -0.39 is 29.0 Å². The van der Waals surface area contributed by atoms with Crippen LogP contribution >= 0.6 is 0 Å². The second kappa shape index (κ2) is 10.3. The fraction of sp³-hybridized carbons (Fsp3) is 0.636. The second-order valence-corrected chi connectivity index (χ2v) is 8.90. The van der Waals surface area contributed by atoms with Gasteiger partial charge in [0.05, 0.1) is 18.8 Å². The molecule has 168 valence electrons. The van der Waals surface area contributed by atoms with Crippen molar-refractivity contribution in [1.29, 1.82) is 0 Å². The highest BCUT2D eigenvalue weighted by atomic mass is 19.2. The van der Waals surface area contributed by atoms with Crippen molar-refractivity contribution in [3.05, 3.63) is 29.6 Å². The first-order valence-corrected chi connectivity index (χ1v) is 10.4. The highest BCUT2D eigenvalue weighted by molar-refractivity contribution is 5.92. The standard InChI is InChI=1S/C22H32F3N3O2/c1-5-22(2,3)14-6-8-15(9-7-14)26-18(29)12-28(4)13-19(30)27-17-11-10-16(23)20(24)21(17)25/h10-11,14-15H,5-9,12-13H2,1-4H3,(H,26,29)(H,27,30). The molecule has 0 aromatic heterocycles. The molecule has 1 aromatic carbocycles. The smallest absolute Gasteiger partial charge is 0.238 e. The fourth-order valence-electron chi connectivity index (χ4n) is 3.94. The molecule has 0 radical (unpaired) electrons. The van der Waals surface area contributed by atoms with Gasteiger partial charge in [0.2, 0.25) is 11.8 Å². The van der Waals surface area contributed by atoms with E-state index in [0.29, 0.717) is 11.3 Å². The van der Waals surface area contributed by atoms with Crippen LogP contribution in [0.4, 0.5) is 18.9 Å². The summed E-state index contributed by atoms with van der Waals surface area (Å²) in [5.41, 5.74) is -0.126. The van der Waals surface area contributed by atoms with Crippen LogP contribution in [0.25, 0.3) is 0 Å². The molecule has 0 bridgehead atoms. The minimum absolute atomic E-state index is 0.00800. The maximum atomic E-state index is 13.6. The Morgan fingerprint density at radius 3 is 2.23 bits per heavy atom. The van der Waals surface area contributed by atoms with Gasteiger partial charge < -0.3 is 10.6 Å². The van der Waals surface area contributed by atoms with Gasteiger partial charge in [-0.05, 0) is 56.2 Å². The predicted octanol–water partition coefficient (Wildman–Crippen LogP) is 4.09. The summed E-state index contributed by atoms with van der Waals surface area (Å²) in [7, 11) is 1.58. The molecule has 1 fully saturated rings. The van der Waals surface area contributed by atoms with Crippen LogP contribution in [0.2, 0.25) is 0 Å². The van der Waals surface area contributed by atoms with Crippen molar-refractivity contribution < 1.29 is 22.8 Å². The third-order valence-corrected chi connectivity index (χ3v) is 6.25. The summed E-state index contributed by atoms with van der Waals surface area (Å²) < 4.78 is 39.9. The summed E-state index contributed by atoms with van der Waals surface area (Å²) in [4.78, 5) is 25.8. The quantitative estimate of drug-likeness (QED) is 0.615. The van der Waals surface area contributed by atoms with E-state index in [9.17, 15) is 22.8 Å². The van der Waals surface area contributed by atoms with Crippen LogP contribution in [0.5, 0.6) is 0 Å². The molecule has 30 heavy (non-hydrogen) atoms. The Balaban J connectivity index is 1.76. The van der Waals surface area contributed by atoms with Crippen molar-refractivity contribution >= 4 is 17.5 Å². The summed E-state index contributed by atoms with van der Waals surface area (Å²) in [6.45, 7) is 6.61. The third kappa shape index (κ3) is 6.45. The van der Waals surface area contributed by atoms with Gasteiger partial charge in [-0.25, -0.2) is 13.2 Å². The number of rotatable bonds is 8. The van der Waals surface area contributed by atoms with Crippen molar-refractivity contribution in [3.8, 4) is 0 Å². The maximum absolute atomic E-state index is 13.6. The van der Waals surface area contributed by atoms with Crippen LogP contribution in [-0.2, 0) is 9.59 Å². The van der Waals surface area contributed by atoms with Gasteiger partial charge >= 0.3 is 0 Å². The van der Waals surface area contributed by atoms with E-state index in [1.807, 2.05) is 0 Å². The molecule has 5 nitrogen and oxygen atoms in total. The van der Waals surface area contributed by atoms with Crippen molar-refractivity contribution in [2.75, 3.05) is 25.5 Å². The van der Waals surface area contributed by atoms with Gasteiger partial charge in [0, 0.05) is 6.04 Å². The first-order chi connectivity index (χ1) is 14.0. The minimum Gasteiger partial charge on any atom is -0.352 e. The highest BCUT2D eigenvalue weighted by Gasteiger charge is 2.32. The molecular weight excluding hydrogens is 395 g/mol. The molecule has 0 spiro atoms. The first-order valence-electron chi connectivity index (χ1n) is 10.4. The van der Waals surface area contributed by atoms with E-state index in [1.165, 1.54) is 4.90 Å². The van der Waals surface area contributed by atoms with Crippen LogP contribution in [0.15, 0.2) is 12.1 Å². The summed E-state index contributed by atoms with van der Waals surface area (Å²) in [5.74, 6) is -4.56. The zero-order chi connectivity index (χ0) is 22.5. The number of nitrogens with one attached hydrogen (secondary N) is 2. The van der Waals surface area contributed by atoms with Gasteiger partial charge in [-0.15, -0.1) is 0 Å². The van der Waals surface area contributed by atoms with E-state index in [4.69, 9.17) is 0 Å². The Bertz CT molecular complexity index is 762. The van der Waals surface area contributed by atoms with E-state index in [-0.39, 0.29) is 25.0 Å². The number of likely N-dealkylation sites (N-methyl/N-ethyl adjacent to an activating group) is 1. The van der Waals surface area contributed by atoms with E-state index in [1.54, 1.807) is 7.05 Å². The predicted molar refractivity (Wildman–Crippen MR) is 110 cm³/mol. The van der Waals surface area contributed by atoms with Gasteiger partial charge in [0.1, 0.15) is 0 Å². The Kier molecular flexibility index (Phi) is 8.29. The SMILES string of the molecule is CCC(C)(C)C1CCC(NC(=O)CN(C)CC(=O)Nc2ccc(F)c(F)c2F)CC1. The number of carbonyl (C=O) groups is 2. The van der Waals surface area contributed by atoms with E-state index >= 15 is 0 Å². The van der Waals surface area contributed by atoms with Crippen molar-refractivity contribution in [2.45, 2.75) is 58.9 Å². The lowest BCUT2D eigenvalue weighted by atomic mass is 9.69. The zero-order valence-electron chi connectivity index (χ0n) is 18.2. The Morgan fingerprint density at radius 1 is 1.03 bits per heavy atom. The minimum atomic E-state index is -1.64. The van der Waals surface area contributed by atoms with Crippen LogP contribution in [0.3, 0.4) is 0 Å². The summed E-state index contributed by atoms with van der Waals surface area (Å²) in [5, 5.41) is 5.22. The Labute approximate surface area is 176 Å². The molecule has 0 unspecified atom stereocenters. The third-order valence-electron chi connectivity index (χ3n) is 6.25. The number of benzene rings is 1.